The van der Waals surface area contributed by atoms with Crippen LogP contribution in [0.1, 0.15) is 27.2 Å². The number of nitrogens with two attached hydrogens (primary N) is 1. The van der Waals surface area contributed by atoms with Gasteiger partial charge in [-0.3, -0.25) is 4.79 Å². The predicted molar refractivity (Wildman–Crippen MR) is 105 cm³/mol. The molecule has 3 rings (SSSR count). The minimum Gasteiger partial charge on any atom is -0.489 e. The van der Waals surface area contributed by atoms with Gasteiger partial charge in [0, 0.05) is 19.6 Å². The second-order valence-corrected chi connectivity index (χ2v) is 6.36. The summed E-state index contributed by atoms with van der Waals surface area (Å²) in [7, 11) is 0. The molecule has 3 aromatic rings. The molecule has 8 nitrogen and oxygen atoms in total. The van der Waals surface area contributed by atoms with E-state index in [0.717, 1.165) is 16.9 Å². The first-order valence-corrected chi connectivity index (χ1v) is 8.96. The van der Waals surface area contributed by atoms with Gasteiger partial charge in [-0.2, -0.15) is 0 Å². The molecule has 1 amide bonds. The molecule has 2 aromatic carbocycles. The van der Waals surface area contributed by atoms with Gasteiger partial charge in [0.1, 0.15) is 12.4 Å². The van der Waals surface area contributed by atoms with Gasteiger partial charge in [0.2, 0.25) is 11.5 Å². The number of nitrogens with zero attached hydrogens (tertiary/aromatic N) is 2. The number of carbonyl (C=O) groups excluding carboxylic acids is 1. The molecule has 8 heteroatoms. The molecular formula is C20H23N5O3. The summed E-state index contributed by atoms with van der Waals surface area (Å²) < 4.78 is 10.3. The van der Waals surface area contributed by atoms with Crippen LogP contribution in [0.4, 0.5) is 5.82 Å². The first kappa shape index (κ1) is 19.4. The number of aryl methyl sites for hydroxylation is 1. The number of nitrogen functional groups attached to an aromatic ring is 1. The topological polar surface area (TPSA) is 115 Å². The largest absolute Gasteiger partial charge is 0.489 e. The molecule has 0 aliphatic rings. The second kappa shape index (κ2) is 9.52. The van der Waals surface area contributed by atoms with Crippen LogP contribution in [0.15, 0.2) is 53.2 Å². The van der Waals surface area contributed by atoms with E-state index in [1.54, 1.807) is 0 Å². The van der Waals surface area contributed by atoms with Crippen molar-refractivity contribution >= 4 is 11.7 Å². The summed E-state index contributed by atoms with van der Waals surface area (Å²) >= 11 is 0. The monoisotopic (exact) mass is 381 g/mol. The van der Waals surface area contributed by atoms with Crippen molar-refractivity contribution in [1.82, 2.24) is 20.9 Å². The third-order valence-electron chi connectivity index (χ3n) is 4.03. The van der Waals surface area contributed by atoms with E-state index in [1.165, 1.54) is 5.56 Å². The molecule has 1 heterocycles. The SMILES string of the molecule is Cc1cccc(COc2cccc(CNCCNC(=O)c3nonc3N)c2)c1. The Hall–Kier alpha value is -3.39. The first-order chi connectivity index (χ1) is 13.6. The van der Waals surface area contributed by atoms with Crippen LogP contribution in [0.25, 0.3) is 0 Å². The molecular weight excluding hydrogens is 358 g/mol. The number of hydrogen-bond donors (Lipinski definition) is 3. The fourth-order valence-electron chi connectivity index (χ4n) is 2.65. The Morgan fingerprint density at radius 1 is 1.11 bits per heavy atom. The maximum absolute atomic E-state index is 11.8. The van der Waals surface area contributed by atoms with Crippen LogP contribution in [0.2, 0.25) is 0 Å². The Labute approximate surface area is 163 Å². The number of amides is 1. The normalized spacial score (nSPS) is 10.6. The van der Waals surface area contributed by atoms with Crippen molar-refractivity contribution in [2.75, 3.05) is 18.8 Å². The van der Waals surface area contributed by atoms with Crippen LogP contribution < -0.4 is 21.1 Å². The van der Waals surface area contributed by atoms with Crippen molar-refractivity contribution in [3.63, 3.8) is 0 Å². The van der Waals surface area contributed by atoms with E-state index in [1.807, 2.05) is 30.3 Å². The molecule has 0 aliphatic carbocycles. The van der Waals surface area contributed by atoms with E-state index < -0.39 is 5.91 Å². The zero-order valence-corrected chi connectivity index (χ0v) is 15.6. The first-order valence-electron chi connectivity index (χ1n) is 8.96. The fraction of sp³-hybridized carbons (Fsp3) is 0.250. The van der Waals surface area contributed by atoms with Gasteiger partial charge in [-0.25, -0.2) is 4.63 Å². The molecule has 0 fully saturated rings. The molecule has 4 N–H and O–H groups in total. The molecule has 0 spiro atoms. The molecule has 0 radical (unpaired) electrons. The smallest absolute Gasteiger partial charge is 0.277 e. The van der Waals surface area contributed by atoms with Gasteiger partial charge in [0.15, 0.2) is 0 Å². The van der Waals surface area contributed by atoms with Crippen molar-refractivity contribution in [3.05, 3.63) is 70.9 Å². The maximum atomic E-state index is 11.8. The highest BCUT2D eigenvalue weighted by atomic mass is 16.6. The summed E-state index contributed by atoms with van der Waals surface area (Å²) in [5, 5.41) is 12.8. The van der Waals surface area contributed by atoms with E-state index in [0.29, 0.717) is 26.2 Å². The highest BCUT2D eigenvalue weighted by molar-refractivity contribution is 5.95. The summed E-state index contributed by atoms with van der Waals surface area (Å²) in [6, 6.07) is 16.2. The molecule has 0 atom stereocenters. The summed E-state index contributed by atoms with van der Waals surface area (Å²) in [6.07, 6.45) is 0. The third kappa shape index (κ3) is 5.55. The molecule has 0 saturated heterocycles. The zero-order chi connectivity index (χ0) is 19.8. The Morgan fingerprint density at radius 2 is 1.93 bits per heavy atom. The van der Waals surface area contributed by atoms with Crippen LogP contribution in [-0.2, 0) is 13.2 Å². The lowest BCUT2D eigenvalue weighted by molar-refractivity contribution is 0.0944. The third-order valence-corrected chi connectivity index (χ3v) is 4.03. The summed E-state index contributed by atoms with van der Waals surface area (Å²) in [5.74, 6) is 0.392. The molecule has 0 bridgehead atoms. The average Bonchev–Trinajstić information content (AvgIpc) is 3.12. The Morgan fingerprint density at radius 3 is 2.71 bits per heavy atom. The van der Waals surface area contributed by atoms with Crippen LogP contribution in [0, 0.1) is 6.92 Å². The molecule has 0 aliphatic heterocycles. The lowest BCUT2D eigenvalue weighted by Gasteiger charge is -2.10. The minimum absolute atomic E-state index is 0.00143. The van der Waals surface area contributed by atoms with Crippen LogP contribution in [0.5, 0.6) is 5.75 Å². The average molecular weight is 381 g/mol. The molecule has 0 unspecified atom stereocenters. The number of nitrogens with one attached hydrogen (secondary N) is 2. The predicted octanol–water partition coefficient (Wildman–Crippen LogP) is 2.06. The zero-order valence-electron chi connectivity index (χ0n) is 15.6. The summed E-state index contributed by atoms with van der Waals surface area (Å²) in [5.41, 5.74) is 8.93. The van der Waals surface area contributed by atoms with Crippen molar-refractivity contribution < 1.29 is 14.2 Å². The van der Waals surface area contributed by atoms with Gasteiger partial charge >= 0.3 is 0 Å². The van der Waals surface area contributed by atoms with E-state index in [2.05, 4.69) is 50.7 Å². The van der Waals surface area contributed by atoms with Gasteiger partial charge in [-0.05, 0) is 40.5 Å². The number of benzene rings is 2. The number of aromatic nitrogens is 2. The summed E-state index contributed by atoms with van der Waals surface area (Å²) in [4.78, 5) is 11.8. The number of hydrogen-bond acceptors (Lipinski definition) is 7. The second-order valence-electron chi connectivity index (χ2n) is 6.36. The maximum Gasteiger partial charge on any atom is 0.277 e. The minimum atomic E-state index is -0.410. The van der Waals surface area contributed by atoms with Gasteiger partial charge in [0.25, 0.3) is 5.91 Å². The van der Waals surface area contributed by atoms with Crippen molar-refractivity contribution in [1.29, 1.82) is 0 Å². The van der Waals surface area contributed by atoms with Gasteiger partial charge in [0.05, 0.1) is 0 Å². The lowest BCUT2D eigenvalue weighted by atomic mass is 10.1. The van der Waals surface area contributed by atoms with Crippen LogP contribution >= 0.6 is 0 Å². The van der Waals surface area contributed by atoms with Crippen molar-refractivity contribution in [2.45, 2.75) is 20.1 Å². The number of rotatable bonds is 9. The lowest BCUT2D eigenvalue weighted by Crippen LogP contribution is -2.32. The Bertz CT molecular complexity index is 925. The van der Waals surface area contributed by atoms with Gasteiger partial charge in [-0.1, -0.05) is 42.0 Å². The van der Waals surface area contributed by atoms with Gasteiger partial charge < -0.3 is 21.1 Å². The highest BCUT2D eigenvalue weighted by Crippen LogP contribution is 2.15. The molecule has 0 saturated carbocycles. The fourth-order valence-corrected chi connectivity index (χ4v) is 2.65. The van der Waals surface area contributed by atoms with E-state index >= 15 is 0 Å². The number of carbonyl (C=O) groups is 1. The number of ether oxygens (including phenoxy) is 1. The Kier molecular flexibility index (Phi) is 6.59. The van der Waals surface area contributed by atoms with E-state index in [9.17, 15) is 4.79 Å². The van der Waals surface area contributed by atoms with Crippen molar-refractivity contribution in [3.8, 4) is 5.75 Å². The number of anilines is 1. The van der Waals surface area contributed by atoms with E-state index in [4.69, 9.17) is 10.5 Å². The molecule has 1 aromatic heterocycles. The van der Waals surface area contributed by atoms with Gasteiger partial charge in [-0.15, -0.1) is 0 Å². The Balaban J connectivity index is 1.39. The standard InChI is InChI=1S/C20H23N5O3/c1-14-4-2-6-16(10-14)13-27-17-7-3-5-15(11-17)12-22-8-9-23-20(26)18-19(21)25-28-24-18/h2-7,10-11,22H,8-9,12-13H2,1H3,(H2,21,25)(H,23,26). The molecule has 146 valence electrons. The summed E-state index contributed by atoms with van der Waals surface area (Å²) in [6.45, 7) is 4.27. The van der Waals surface area contributed by atoms with Crippen LogP contribution in [-0.4, -0.2) is 29.3 Å². The van der Waals surface area contributed by atoms with Crippen LogP contribution in [0.3, 0.4) is 0 Å². The van der Waals surface area contributed by atoms with E-state index in [-0.39, 0.29) is 11.5 Å². The highest BCUT2D eigenvalue weighted by Gasteiger charge is 2.14. The quantitative estimate of drug-likeness (QED) is 0.486. The molecule has 28 heavy (non-hydrogen) atoms. The van der Waals surface area contributed by atoms with Crippen molar-refractivity contribution in [2.24, 2.45) is 0 Å².